The number of thioether (sulfide) groups is 1. The van der Waals surface area contributed by atoms with Crippen LogP contribution >= 0.6 is 11.8 Å². The van der Waals surface area contributed by atoms with Gasteiger partial charge in [0.15, 0.2) is 0 Å². The van der Waals surface area contributed by atoms with Crippen molar-refractivity contribution in [3.63, 3.8) is 0 Å². The van der Waals surface area contributed by atoms with Gasteiger partial charge in [0.25, 0.3) is 5.91 Å². The highest BCUT2D eigenvalue weighted by Crippen LogP contribution is 2.29. The Kier molecular flexibility index (Phi) is 5.28. The second kappa shape index (κ2) is 6.98. The third-order valence-corrected chi connectivity index (χ3v) is 4.73. The average Bonchev–Trinajstić information content (AvgIpc) is 2.55. The highest BCUT2D eigenvalue weighted by molar-refractivity contribution is 7.98. The van der Waals surface area contributed by atoms with E-state index in [0.717, 1.165) is 24.2 Å². The molecule has 1 N–H and O–H groups in total. The van der Waals surface area contributed by atoms with Gasteiger partial charge in [-0.15, -0.1) is 11.8 Å². The maximum Gasteiger partial charge on any atom is 0.331 e. The molecule has 1 amide bonds. The monoisotopic (exact) mass is 307 g/mol. The number of carbonyl (C=O) groups is 2. The first-order chi connectivity index (χ1) is 10.1. The van der Waals surface area contributed by atoms with Crippen molar-refractivity contribution in [3.05, 3.63) is 29.8 Å². The molecule has 1 saturated carbocycles. The molecule has 0 heterocycles. The molecule has 0 unspecified atom stereocenters. The van der Waals surface area contributed by atoms with Gasteiger partial charge in [-0.05, 0) is 43.4 Å². The predicted octanol–water partition coefficient (Wildman–Crippen LogP) is 3.01. The van der Waals surface area contributed by atoms with E-state index in [1.807, 2.05) is 18.4 Å². The number of amides is 1. The van der Waals surface area contributed by atoms with Crippen LogP contribution in [0.3, 0.4) is 0 Å². The van der Waals surface area contributed by atoms with Crippen LogP contribution in [0.15, 0.2) is 29.2 Å². The number of nitrogens with one attached hydrogen (secondary N) is 1. The lowest BCUT2D eigenvalue weighted by atomic mass is 9.81. The fourth-order valence-electron chi connectivity index (χ4n) is 2.76. The second-order valence-corrected chi connectivity index (χ2v) is 6.20. The summed E-state index contributed by atoms with van der Waals surface area (Å²) >= 11 is 1.63. The van der Waals surface area contributed by atoms with E-state index >= 15 is 0 Å². The normalized spacial score (nSPS) is 17.0. The van der Waals surface area contributed by atoms with Crippen LogP contribution in [-0.2, 0) is 9.53 Å². The van der Waals surface area contributed by atoms with Crippen LogP contribution in [0.25, 0.3) is 0 Å². The number of carbonyl (C=O) groups excluding carboxylic acids is 2. The lowest BCUT2D eigenvalue weighted by Crippen LogP contribution is -2.56. The number of hydrogen-bond acceptors (Lipinski definition) is 4. The highest BCUT2D eigenvalue weighted by Gasteiger charge is 2.42. The van der Waals surface area contributed by atoms with Crippen LogP contribution < -0.4 is 5.32 Å². The average molecular weight is 307 g/mol. The van der Waals surface area contributed by atoms with Crippen LogP contribution in [0.2, 0.25) is 0 Å². The molecule has 1 aromatic carbocycles. The Labute approximate surface area is 129 Å². The molecule has 2 rings (SSSR count). The van der Waals surface area contributed by atoms with Crippen molar-refractivity contribution in [2.45, 2.75) is 42.5 Å². The van der Waals surface area contributed by atoms with Gasteiger partial charge in [0.2, 0.25) is 0 Å². The summed E-state index contributed by atoms with van der Waals surface area (Å²) in [4.78, 5) is 25.6. The zero-order valence-corrected chi connectivity index (χ0v) is 13.3. The van der Waals surface area contributed by atoms with E-state index in [1.165, 1.54) is 7.11 Å². The predicted molar refractivity (Wildman–Crippen MR) is 83.5 cm³/mol. The Bertz CT molecular complexity index is 507. The molecule has 0 aromatic heterocycles. The van der Waals surface area contributed by atoms with E-state index in [4.69, 9.17) is 4.74 Å². The minimum atomic E-state index is -0.859. The first-order valence-corrected chi connectivity index (χ1v) is 8.39. The van der Waals surface area contributed by atoms with Gasteiger partial charge in [-0.3, -0.25) is 4.79 Å². The van der Waals surface area contributed by atoms with Gasteiger partial charge in [0.1, 0.15) is 5.54 Å². The topological polar surface area (TPSA) is 55.4 Å². The molecular weight excluding hydrogens is 286 g/mol. The molecule has 1 fully saturated rings. The van der Waals surface area contributed by atoms with Crippen molar-refractivity contribution >= 4 is 23.6 Å². The van der Waals surface area contributed by atoms with Crippen molar-refractivity contribution in [1.29, 1.82) is 0 Å². The van der Waals surface area contributed by atoms with Gasteiger partial charge < -0.3 is 10.1 Å². The Morgan fingerprint density at radius 2 is 1.76 bits per heavy atom. The molecule has 1 aliphatic carbocycles. The van der Waals surface area contributed by atoms with Crippen LogP contribution in [-0.4, -0.2) is 30.8 Å². The molecule has 4 nitrogen and oxygen atoms in total. The molecule has 0 spiro atoms. The van der Waals surface area contributed by atoms with Gasteiger partial charge in [-0.2, -0.15) is 0 Å². The molecule has 0 aliphatic heterocycles. The van der Waals surface area contributed by atoms with Gasteiger partial charge >= 0.3 is 5.97 Å². The van der Waals surface area contributed by atoms with E-state index in [1.54, 1.807) is 23.9 Å². The van der Waals surface area contributed by atoms with Gasteiger partial charge in [-0.25, -0.2) is 4.79 Å². The van der Waals surface area contributed by atoms with E-state index in [9.17, 15) is 9.59 Å². The summed E-state index contributed by atoms with van der Waals surface area (Å²) in [6, 6.07) is 7.39. The summed E-state index contributed by atoms with van der Waals surface area (Å²) in [7, 11) is 1.37. The number of hydrogen-bond donors (Lipinski definition) is 1. The number of benzene rings is 1. The number of esters is 1. The fraction of sp³-hybridized carbons (Fsp3) is 0.500. The van der Waals surface area contributed by atoms with Crippen molar-refractivity contribution < 1.29 is 14.3 Å². The first-order valence-electron chi connectivity index (χ1n) is 7.16. The maximum atomic E-state index is 12.4. The molecule has 21 heavy (non-hydrogen) atoms. The van der Waals surface area contributed by atoms with E-state index in [-0.39, 0.29) is 11.9 Å². The Morgan fingerprint density at radius 1 is 1.14 bits per heavy atom. The van der Waals surface area contributed by atoms with Gasteiger partial charge in [-0.1, -0.05) is 19.3 Å². The lowest BCUT2D eigenvalue weighted by molar-refractivity contribution is -0.149. The first kappa shape index (κ1) is 15.9. The smallest absolute Gasteiger partial charge is 0.331 e. The SMILES string of the molecule is COC(=O)C1(NC(=O)c2ccc(SC)cc2)CCCCC1. The van der Waals surface area contributed by atoms with Gasteiger partial charge in [0, 0.05) is 10.5 Å². The summed E-state index contributed by atoms with van der Waals surface area (Å²) in [6.45, 7) is 0. The fourth-order valence-corrected chi connectivity index (χ4v) is 3.17. The molecule has 0 saturated heterocycles. The minimum absolute atomic E-state index is 0.213. The summed E-state index contributed by atoms with van der Waals surface area (Å²) in [5.41, 5.74) is -0.288. The largest absolute Gasteiger partial charge is 0.467 e. The molecule has 114 valence electrons. The molecular formula is C16H21NO3S. The third kappa shape index (κ3) is 3.59. The molecule has 0 atom stereocenters. The lowest BCUT2D eigenvalue weighted by Gasteiger charge is -2.35. The van der Waals surface area contributed by atoms with Crippen LogP contribution in [0, 0.1) is 0 Å². The Hall–Kier alpha value is -1.49. The Morgan fingerprint density at radius 3 is 2.29 bits per heavy atom. The molecule has 0 bridgehead atoms. The summed E-state index contributed by atoms with van der Waals surface area (Å²) in [5, 5.41) is 2.92. The zero-order valence-electron chi connectivity index (χ0n) is 12.5. The van der Waals surface area contributed by atoms with Crippen molar-refractivity contribution in [2.75, 3.05) is 13.4 Å². The van der Waals surface area contributed by atoms with Crippen LogP contribution in [0.4, 0.5) is 0 Å². The van der Waals surface area contributed by atoms with Crippen LogP contribution in [0.5, 0.6) is 0 Å². The van der Waals surface area contributed by atoms with E-state index in [0.29, 0.717) is 18.4 Å². The number of ether oxygens (including phenoxy) is 1. The molecule has 1 aromatic rings. The summed E-state index contributed by atoms with van der Waals surface area (Å²) < 4.78 is 4.91. The third-order valence-electron chi connectivity index (χ3n) is 3.99. The standard InChI is InChI=1S/C16H21NO3S/c1-20-15(19)16(10-4-3-5-11-16)17-14(18)12-6-8-13(21-2)9-7-12/h6-9H,3-5,10-11H2,1-2H3,(H,17,18). The number of methoxy groups -OCH3 is 1. The molecule has 0 radical (unpaired) electrons. The van der Waals surface area contributed by atoms with Crippen molar-refractivity contribution in [2.24, 2.45) is 0 Å². The summed E-state index contributed by atoms with van der Waals surface area (Å²) in [6.07, 6.45) is 6.24. The van der Waals surface area contributed by atoms with Crippen molar-refractivity contribution in [1.82, 2.24) is 5.32 Å². The van der Waals surface area contributed by atoms with E-state index < -0.39 is 5.54 Å². The minimum Gasteiger partial charge on any atom is -0.467 e. The quantitative estimate of drug-likeness (QED) is 0.686. The zero-order chi connectivity index (χ0) is 15.3. The second-order valence-electron chi connectivity index (χ2n) is 5.32. The summed E-state index contributed by atoms with van der Waals surface area (Å²) in [5.74, 6) is -0.550. The maximum absolute atomic E-state index is 12.4. The number of rotatable bonds is 4. The molecule has 1 aliphatic rings. The Balaban J connectivity index is 2.15. The van der Waals surface area contributed by atoms with E-state index in [2.05, 4.69) is 5.32 Å². The molecule has 5 heteroatoms. The van der Waals surface area contributed by atoms with Gasteiger partial charge in [0.05, 0.1) is 7.11 Å². The highest BCUT2D eigenvalue weighted by atomic mass is 32.2. The van der Waals surface area contributed by atoms with Crippen LogP contribution in [0.1, 0.15) is 42.5 Å². The van der Waals surface area contributed by atoms with Crippen molar-refractivity contribution in [3.8, 4) is 0 Å².